The fourth-order valence-electron chi connectivity index (χ4n) is 3.54. The van der Waals surface area contributed by atoms with E-state index in [-0.39, 0.29) is 17.7 Å². The molecular formula is C17H24N4O4. The minimum atomic E-state index is -0.486. The van der Waals surface area contributed by atoms with Gasteiger partial charge in [0.15, 0.2) is 0 Å². The fourth-order valence-corrected chi connectivity index (χ4v) is 3.54. The number of hydrogen-bond donors (Lipinski definition) is 1. The maximum Gasteiger partial charge on any atom is 0.317 e. The summed E-state index contributed by atoms with van der Waals surface area (Å²) in [5, 5.41) is 7.13. The van der Waals surface area contributed by atoms with Crippen LogP contribution in [-0.2, 0) is 16.0 Å². The smallest absolute Gasteiger partial charge is 0.317 e. The lowest BCUT2D eigenvalue weighted by Gasteiger charge is -2.32. The van der Waals surface area contributed by atoms with Crippen LogP contribution < -0.4 is 10.9 Å². The van der Waals surface area contributed by atoms with Crippen LogP contribution in [0.3, 0.4) is 0 Å². The van der Waals surface area contributed by atoms with Gasteiger partial charge in [-0.05, 0) is 31.7 Å². The van der Waals surface area contributed by atoms with E-state index in [1.807, 2.05) is 0 Å². The summed E-state index contributed by atoms with van der Waals surface area (Å²) in [7, 11) is 0. The van der Waals surface area contributed by atoms with E-state index in [1.54, 1.807) is 17.2 Å². The molecule has 2 aliphatic heterocycles. The summed E-state index contributed by atoms with van der Waals surface area (Å²) in [5.41, 5.74) is -0.616. The van der Waals surface area contributed by atoms with Crippen LogP contribution in [0.2, 0.25) is 0 Å². The van der Waals surface area contributed by atoms with Crippen molar-refractivity contribution >= 4 is 6.03 Å². The van der Waals surface area contributed by atoms with Gasteiger partial charge in [-0.2, -0.15) is 5.10 Å². The molecule has 1 aromatic rings. The number of amides is 2. The summed E-state index contributed by atoms with van der Waals surface area (Å²) in [5.74, 6) is 0. The number of nitrogens with one attached hydrogen (secondary N) is 1. The number of hydrogen-bond acceptors (Lipinski definition) is 5. The molecule has 2 unspecified atom stereocenters. The summed E-state index contributed by atoms with van der Waals surface area (Å²) >= 11 is 0. The van der Waals surface area contributed by atoms with E-state index < -0.39 is 5.60 Å². The van der Waals surface area contributed by atoms with Gasteiger partial charge in [-0.3, -0.25) is 4.79 Å². The molecule has 1 aromatic heterocycles. The standard InChI is InChI=1S/C17H24N4O4/c22-15-2-1-7-18-21(15)10-14-5-6-17(25-14)11-20(8-9-24-12-17)16(23)19-13-3-4-13/h1-2,7,13-14H,3-6,8-12H2,(H,19,23). The summed E-state index contributed by atoms with van der Waals surface area (Å²) < 4.78 is 13.4. The third kappa shape index (κ3) is 3.85. The zero-order chi connectivity index (χ0) is 17.3. The van der Waals surface area contributed by atoms with Gasteiger partial charge >= 0.3 is 6.03 Å². The van der Waals surface area contributed by atoms with Crippen LogP contribution >= 0.6 is 0 Å². The van der Waals surface area contributed by atoms with Gasteiger partial charge in [0.2, 0.25) is 0 Å². The molecule has 2 saturated heterocycles. The number of carbonyl (C=O) groups excluding carboxylic acids is 1. The Morgan fingerprint density at radius 1 is 1.40 bits per heavy atom. The minimum Gasteiger partial charge on any atom is -0.377 e. The molecule has 1 aliphatic carbocycles. The van der Waals surface area contributed by atoms with Crippen molar-refractivity contribution in [1.82, 2.24) is 20.0 Å². The van der Waals surface area contributed by atoms with Crippen molar-refractivity contribution in [2.24, 2.45) is 0 Å². The van der Waals surface area contributed by atoms with Gasteiger partial charge in [-0.15, -0.1) is 0 Å². The van der Waals surface area contributed by atoms with Gasteiger partial charge in [0.25, 0.3) is 5.56 Å². The molecule has 8 nitrogen and oxygen atoms in total. The Bertz CT molecular complexity index is 689. The number of nitrogens with zero attached hydrogens (tertiary/aromatic N) is 3. The molecule has 0 radical (unpaired) electrons. The van der Waals surface area contributed by atoms with E-state index >= 15 is 0 Å². The van der Waals surface area contributed by atoms with Crippen molar-refractivity contribution in [3.8, 4) is 0 Å². The van der Waals surface area contributed by atoms with Crippen LogP contribution in [0, 0.1) is 0 Å². The highest BCUT2D eigenvalue weighted by Gasteiger charge is 2.44. The molecular weight excluding hydrogens is 324 g/mol. The summed E-state index contributed by atoms with van der Waals surface area (Å²) in [6, 6.07) is 3.43. The molecule has 136 valence electrons. The van der Waals surface area contributed by atoms with E-state index in [4.69, 9.17) is 9.47 Å². The monoisotopic (exact) mass is 348 g/mol. The lowest BCUT2D eigenvalue weighted by Crippen LogP contribution is -2.50. The molecule has 1 spiro atoms. The Morgan fingerprint density at radius 3 is 3.08 bits per heavy atom. The lowest BCUT2D eigenvalue weighted by molar-refractivity contribution is -0.0878. The SMILES string of the molecule is O=C(NC1CC1)N1CCOCC2(CCC(Cn3ncccc3=O)O2)C1. The number of ether oxygens (including phenoxy) is 2. The normalized spacial score (nSPS) is 29.6. The summed E-state index contributed by atoms with van der Waals surface area (Å²) in [6.45, 7) is 2.53. The number of urea groups is 1. The molecule has 1 N–H and O–H groups in total. The maximum absolute atomic E-state index is 12.4. The van der Waals surface area contributed by atoms with Crippen molar-refractivity contribution in [3.63, 3.8) is 0 Å². The van der Waals surface area contributed by atoms with Crippen molar-refractivity contribution in [2.75, 3.05) is 26.3 Å². The van der Waals surface area contributed by atoms with Crippen LogP contribution in [0.25, 0.3) is 0 Å². The molecule has 2 amide bonds. The lowest BCUT2D eigenvalue weighted by atomic mass is 10.0. The van der Waals surface area contributed by atoms with Crippen molar-refractivity contribution < 1.29 is 14.3 Å². The van der Waals surface area contributed by atoms with Crippen LogP contribution in [0.4, 0.5) is 4.79 Å². The van der Waals surface area contributed by atoms with E-state index in [1.165, 1.54) is 10.7 Å². The van der Waals surface area contributed by atoms with Gasteiger partial charge in [0.1, 0.15) is 5.60 Å². The Hall–Kier alpha value is -1.93. The number of carbonyl (C=O) groups is 1. The van der Waals surface area contributed by atoms with Crippen molar-refractivity contribution in [3.05, 3.63) is 28.7 Å². The fraction of sp³-hybridized carbons (Fsp3) is 0.706. The second kappa shape index (κ2) is 6.76. The van der Waals surface area contributed by atoms with Gasteiger partial charge in [0.05, 0.1) is 32.4 Å². The zero-order valence-corrected chi connectivity index (χ0v) is 14.2. The van der Waals surface area contributed by atoms with Crippen LogP contribution in [0.5, 0.6) is 0 Å². The first-order chi connectivity index (χ1) is 12.1. The average Bonchev–Trinajstić information content (AvgIpc) is 3.35. The van der Waals surface area contributed by atoms with Crippen LogP contribution in [0.1, 0.15) is 25.7 Å². The van der Waals surface area contributed by atoms with E-state index in [2.05, 4.69) is 10.4 Å². The third-order valence-electron chi connectivity index (χ3n) is 5.04. The predicted molar refractivity (Wildman–Crippen MR) is 89.3 cm³/mol. The van der Waals surface area contributed by atoms with Gasteiger partial charge in [-0.1, -0.05) is 0 Å². The van der Waals surface area contributed by atoms with E-state index in [0.717, 1.165) is 25.7 Å². The first kappa shape index (κ1) is 16.5. The van der Waals surface area contributed by atoms with Gasteiger partial charge in [0, 0.05) is 24.8 Å². The quantitative estimate of drug-likeness (QED) is 0.853. The van der Waals surface area contributed by atoms with Gasteiger partial charge in [-0.25, -0.2) is 9.48 Å². The van der Waals surface area contributed by atoms with E-state index in [0.29, 0.717) is 38.9 Å². The number of aromatic nitrogens is 2. The molecule has 3 fully saturated rings. The molecule has 0 aromatic carbocycles. The third-order valence-corrected chi connectivity index (χ3v) is 5.04. The van der Waals surface area contributed by atoms with Crippen molar-refractivity contribution in [2.45, 2.75) is 50.0 Å². The highest BCUT2D eigenvalue weighted by Crippen LogP contribution is 2.33. The zero-order valence-electron chi connectivity index (χ0n) is 14.2. The average molecular weight is 348 g/mol. The second-order valence-corrected chi connectivity index (χ2v) is 7.20. The largest absolute Gasteiger partial charge is 0.377 e. The first-order valence-corrected chi connectivity index (χ1v) is 8.97. The van der Waals surface area contributed by atoms with Crippen LogP contribution in [0.15, 0.2) is 23.1 Å². The predicted octanol–water partition coefficient (Wildman–Crippen LogP) is 0.365. The summed E-state index contributed by atoms with van der Waals surface area (Å²) in [4.78, 5) is 26.1. The molecule has 2 atom stereocenters. The Morgan fingerprint density at radius 2 is 2.28 bits per heavy atom. The highest BCUT2D eigenvalue weighted by molar-refractivity contribution is 5.75. The topological polar surface area (TPSA) is 85.7 Å². The van der Waals surface area contributed by atoms with Crippen LogP contribution in [-0.4, -0.2) is 64.8 Å². The first-order valence-electron chi connectivity index (χ1n) is 8.97. The second-order valence-electron chi connectivity index (χ2n) is 7.20. The number of rotatable bonds is 3. The Balaban J connectivity index is 1.41. The molecule has 0 bridgehead atoms. The maximum atomic E-state index is 12.4. The molecule has 3 heterocycles. The molecule has 4 rings (SSSR count). The molecule has 1 saturated carbocycles. The highest BCUT2D eigenvalue weighted by atomic mass is 16.6. The molecule has 8 heteroatoms. The Labute approximate surface area is 146 Å². The Kier molecular flexibility index (Phi) is 4.47. The molecule has 3 aliphatic rings. The van der Waals surface area contributed by atoms with Crippen molar-refractivity contribution in [1.29, 1.82) is 0 Å². The minimum absolute atomic E-state index is 0.0274. The summed E-state index contributed by atoms with van der Waals surface area (Å²) in [6.07, 6.45) is 5.28. The molecule has 25 heavy (non-hydrogen) atoms. The van der Waals surface area contributed by atoms with E-state index in [9.17, 15) is 9.59 Å². The van der Waals surface area contributed by atoms with Gasteiger partial charge < -0.3 is 19.7 Å².